The van der Waals surface area contributed by atoms with Gasteiger partial charge in [0.2, 0.25) is 0 Å². The zero-order chi connectivity index (χ0) is 55.0. The molecule has 0 fully saturated rings. The first-order valence-corrected chi connectivity index (χ1v) is 30.1. The van der Waals surface area contributed by atoms with Gasteiger partial charge in [-0.15, -0.1) is 0 Å². The van der Waals surface area contributed by atoms with Crippen molar-refractivity contribution < 1.29 is 28.6 Å². The monoisotopic (exact) mass is 1040 g/mol. The highest BCUT2D eigenvalue weighted by Crippen LogP contribution is 2.12. The lowest BCUT2D eigenvalue weighted by molar-refractivity contribution is -0.166. The smallest absolute Gasteiger partial charge is 0.306 e. The third kappa shape index (κ3) is 59.6. The summed E-state index contributed by atoms with van der Waals surface area (Å²) in [5.74, 6) is -1.05. The molecule has 0 N–H and O–H groups in total. The number of ether oxygens (including phenoxy) is 3. The summed E-state index contributed by atoms with van der Waals surface area (Å²) in [6.07, 6.45) is 92.2. The van der Waals surface area contributed by atoms with E-state index in [0.717, 1.165) is 154 Å². The van der Waals surface area contributed by atoms with Crippen LogP contribution in [0.2, 0.25) is 0 Å². The lowest BCUT2D eigenvalue weighted by atomic mass is 10.1. The Labute approximate surface area is 466 Å². The van der Waals surface area contributed by atoms with E-state index in [2.05, 4.69) is 179 Å². The Balaban J connectivity index is 4.50. The van der Waals surface area contributed by atoms with Crippen LogP contribution in [0.15, 0.2) is 170 Å². The molecule has 0 aromatic carbocycles. The van der Waals surface area contributed by atoms with Gasteiger partial charge in [-0.2, -0.15) is 0 Å². The van der Waals surface area contributed by atoms with Gasteiger partial charge in [-0.3, -0.25) is 14.4 Å². The molecule has 76 heavy (non-hydrogen) atoms. The van der Waals surface area contributed by atoms with Crippen LogP contribution in [0.1, 0.15) is 233 Å². The van der Waals surface area contributed by atoms with Crippen LogP contribution in [0.4, 0.5) is 0 Å². The summed E-state index contributed by atoms with van der Waals surface area (Å²) in [5.41, 5.74) is 0. The second-order valence-electron chi connectivity index (χ2n) is 19.1. The summed E-state index contributed by atoms with van der Waals surface area (Å²) in [6, 6.07) is 0. The third-order valence-electron chi connectivity index (χ3n) is 11.9. The number of hydrogen-bond acceptors (Lipinski definition) is 6. The molecule has 0 bridgehead atoms. The van der Waals surface area contributed by atoms with Gasteiger partial charge in [-0.05, 0) is 141 Å². The highest BCUT2D eigenvalue weighted by molar-refractivity contribution is 5.71. The first-order valence-electron chi connectivity index (χ1n) is 30.1. The zero-order valence-electron chi connectivity index (χ0n) is 48.4. The van der Waals surface area contributed by atoms with E-state index in [1.807, 2.05) is 12.2 Å². The molecule has 0 radical (unpaired) electrons. The number of carbonyl (C=O) groups is 3. The molecule has 0 spiro atoms. The highest BCUT2D eigenvalue weighted by Gasteiger charge is 2.19. The lowest BCUT2D eigenvalue weighted by Gasteiger charge is -2.18. The van der Waals surface area contributed by atoms with Crippen LogP contribution < -0.4 is 0 Å². The maximum atomic E-state index is 12.8. The fourth-order valence-electron chi connectivity index (χ4n) is 7.50. The van der Waals surface area contributed by atoms with Crippen molar-refractivity contribution >= 4 is 17.9 Å². The van der Waals surface area contributed by atoms with Crippen molar-refractivity contribution in [2.45, 2.75) is 239 Å². The van der Waals surface area contributed by atoms with E-state index >= 15 is 0 Å². The summed E-state index contributed by atoms with van der Waals surface area (Å²) < 4.78 is 16.8. The fraction of sp³-hybridized carbons (Fsp3) is 0.557. The van der Waals surface area contributed by atoms with Crippen LogP contribution in [0, 0.1) is 0 Å². The minimum atomic E-state index is -0.840. The molecule has 0 rings (SSSR count). The van der Waals surface area contributed by atoms with Crippen LogP contribution in [0.3, 0.4) is 0 Å². The van der Waals surface area contributed by atoms with E-state index in [0.29, 0.717) is 19.3 Å². The standard InChI is InChI=1S/C70H108O6/c1-4-7-10-13-16-19-22-25-27-29-31-32-33-34-35-36-37-38-40-41-43-45-48-51-54-57-60-63-69(72)75-66-67(65-74-68(71)62-59-56-53-50-47-24-21-18-15-12-9-6-3)76-70(73)64-61-58-55-52-49-46-44-42-39-30-28-26-23-20-17-14-11-8-5-2/h7-8,10-11,16-21,25-28,31-32,34-35,37-39,41-43,46,49,55,58,67H,4-6,9,12-15,22-24,29-30,33,36,40,44-45,47-48,50-54,56-57,59-66H2,1-3H3/b10-7-,11-8-,19-16-,20-17-,21-18-,27-25-,28-26-,32-31-,35-34-,38-37-,42-39-,43-41-,49-46-,58-55-. The summed E-state index contributed by atoms with van der Waals surface area (Å²) >= 11 is 0. The minimum Gasteiger partial charge on any atom is -0.462 e. The van der Waals surface area contributed by atoms with Crippen molar-refractivity contribution in [1.82, 2.24) is 0 Å². The summed E-state index contributed by atoms with van der Waals surface area (Å²) in [6.45, 7) is 6.28. The Hall–Kier alpha value is -5.23. The molecule has 0 aliphatic carbocycles. The van der Waals surface area contributed by atoms with Gasteiger partial charge < -0.3 is 14.2 Å². The largest absolute Gasteiger partial charge is 0.462 e. The molecule has 0 heterocycles. The Morgan fingerprint density at radius 2 is 0.539 bits per heavy atom. The topological polar surface area (TPSA) is 78.9 Å². The average molecular weight is 1050 g/mol. The SMILES string of the molecule is CC/C=C\C/C=C\C/C=C\C/C=C\C/C=C\C/C=C\C/C=C\CCCCCCCC(=O)OCC(COC(=O)CCCCCCC/C=C\CCCCC)OC(=O)CC/C=C\C/C=C\C/C=C\C/C=C\C/C=C\C/C=C\CC. The maximum Gasteiger partial charge on any atom is 0.306 e. The number of unbranched alkanes of at least 4 members (excludes halogenated alkanes) is 13. The predicted octanol–water partition coefficient (Wildman–Crippen LogP) is 20.7. The normalized spacial score (nSPS) is 13.4. The number of rotatable bonds is 52. The average Bonchev–Trinajstić information content (AvgIpc) is 3.42. The molecule has 424 valence electrons. The molecule has 0 saturated heterocycles. The quantitative estimate of drug-likeness (QED) is 0.0261. The van der Waals surface area contributed by atoms with E-state index < -0.39 is 12.1 Å². The first kappa shape index (κ1) is 70.8. The Morgan fingerprint density at radius 3 is 0.868 bits per heavy atom. The number of allylic oxidation sites excluding steroid dienone is 28. The van der Waals surface area contributed by atoms with Crippen molar-refractivity contribution in [3.05, 3.63) is 170 Å². The highest BCUT2D eigenvalue weighted by atomic mass is 16.6. The van der Waals surface area contributed by atoms with Crippen molar-refractivity contribution in [3.8, 4) is 0 Å². The Morgan fingerprint density at radius 1 is 0.276 bits per heavy atom. The van der Waals surface area contributed by atoms with E-state index in [1.165, 1.54) is 32.1 Å². The third-order valence-corrected chi connectivity index (χ3v) is 11.9. The van der Waals surface area contributed by atoms with Crippen LogP contribution in [0.25, 0.3) is 0 Å². The second kappa shape index (κ2) is 62.3. The van der Waals surface area contributed by atoms with Gasteiger partial charge in [0.25, 0.3) is 0 Å². The van der Waals surface area contributed by atoms with E-state index in [4.69, 9.17) is 14.2 Å². The molecular formula is C70H108O6. The predicted molar refractivity (Wildman–Crippen MR) is 329 cm³/mol. The number of esters is 3. The molecule has 0 aromatic rings. The van der Waals surface area contributed by atoms with E-state index in [1.54, 1.807) is 0 Å². The minimum absolute atomic E-state index is 0.127. The summed E-state index contributed by atoms with van der Waals surface area (Å²) in [4.78, 5) is 38.2. The molecule has 0 amide bonds. The second-order valence-corrected chi connectivity index (χ2v) is 19.1. The van der Waals surface area contributed by atoms with Crippen LogP contribution in [-0.2, 0) is 28.6 Å². The van der Waals surface area contributed by atoms with E-state index in [9.17, 15) is 14.4 Å². The summed E-state index contributed by atoms with van der Waals surface area (Å²) in [7, 11) is 0. The van der Waals surface area contributed by atoms with Gasteiger partial charge in [0, 0.05) is 19.3 Å². The van der Waals surface area contributed by atoms with Crippen molar-refractivity contribution in [3.63, 3.8) is 0 Å². The Bertz CT molecular complexity index is 1770. The lowest BCUT2D eigenvalue weighted by Crippen LogP contribution is -2.30. The van der Waals surface area contributed by atoms with E-state index in [-0.39, 0.29) is 31.6 Å². The van der Waals surface area contributed by atoms with Crippen molar-refractivity contribution in [1.29, 1.82) is 0 Å². The van der Waals surface area contributed by atoms with Crippen molar-refractivity contribution in [2.75, 3.05) is 13.2 Å². The molecule has 0 aliphatic rings. The van der Waals surface area contributed by atoms with Gasteiger partial charge in [-0.1, -0.05) is 242 Å². The molecular weight excluding hydrogens is 937 g/mol. The molecule has 1 atom stereocenters. The van der Waals surface area contributed by atoms with Gasteiger partial charge >= 0.3 is 17.9 Å². The van der Waals surface area contributed by atoms with Gasteiger partial charge in [0.1, 0.15) is 13.2 Å². The van der Waals surface area contributed by atoms with Crippen molar-refractivity contribution in [2.24, 2.45) is 0 Å². The van der Waals surface area contributed by atoms with Crippen LogP contribution in [-0.4, -0.2) is 37.2 Å². The van der Waals surface area contributed by atoms with Gasteiger partial charge in [-0.25, -0.2) is 0 Å². The number of hydrogen-bond donors (Lipinski definition) is 0. The molecule has 0 aliphatic heterocycles. The molecule has 1 unspecified atom stereocenters. The molecule has 0 aromatic heterocycles. The van der Waals surface area contributed by atoms with Crippen LogP contribution in [0.5, 0.6) is 0 Å². The molecule has 6 nitrogen and oxygen atoms in total. The molecule has 0 saturated carbocycles. The van der Waals surface area contributed by atoms with Gasteiger partial charge in [0.15, 0.2) is 6.10 Å². The number of carbonyl (C=O) groups excluding carboxylic acids is 3. The summed E-state index contributed by atoms with van der Waals surface area (Å²) in [5, 5.41) is 0. The fourth-order valence-corrected chi connectivity index (χ4v) is 7.50. The van der Waals surface area contributed by atoms with Crippen LogP contribution >= 0.6 is 0 Å². The zero-order valence-corrected chi connectivity index (χ0v) is 48.4. The molecule has 6 heteroatoms. The first-order chi connectivity index (χ1) is 37.5. The maximum absolute atomic E-state index is 12.8. The van der Waals surface area contributed by atoms with Gasteiger partial charge in [0.05, 0.1) is 0 Å². The Kier molecular flexibility index (Phi) is 58.0.